The third-order valence-electron chi connectivity index (χ3n) is 6.33. The van der Waals surface area contributed by atoms with Crippen molar-refractivity contribution in [3.63, 3.8) is 0 Å². The summed E-state index contributed by atoms with van der Waals surface area (Å²) in [5, 5.41) is 3.01. The fourth-order valence-corrected chi connectivity index (χ4v) is 5.15. The van der Waals surface area contributed by atoms with Crippen LogP contribution in [0.25, 0.3) is 0 Å². The highest BCUT2D eigenvalue weighted by atomic mass is 32.2. The van der Waals surface area contributed by atoms with Gasteiger partial charge < -0.3 is 15.0 Å². The Labute approximate surface area is 222 Å². The molecule has 2 amide bonds. The van der Waals surface area contributed by atoms with Crippen LogP contribution in [-0.4, -0.2) is 57.1 Å². The third-order valence-corrected chi connectivity index (χ3v) is 7.51. The van der Waals surface area contributed by atoms with Crippen LogP contribution in [0.4, 0.5) is 5.69 Å². The quantitative estimate of drug-likeness (QED) is 0.393. The summed E-state index contributed by atoms with van der Waals surface area (Å²) in [6.45, 7) is 8.23. The molecular weight excluding hydrogens is 490 g/mol. The number of anilines is 1. The van der Waals surface area contributed by atoms with E-state index in [4.69, 9.17) is 4.74 Å². The van der Waals surface area contributed by atoms with Crippen molar-refractivity contribution in [1.29, 1.82) is 0 Å². The zero-order valence-corrected chi connectivity index (χ0v) is 23.7. The maximum absolute atomic E-state index is 13.5. The number of nitrogens with one attached hydrogen (secondary N) is 1. The Balaban J connectivity index is 2.25. The van der Waals surface area contributed by atoms with Gasteiger partial charge >= 0.3 is 0 Å². The number of hydrogen-bond donors (Lipinski definition) is 1. The molecule has 0 unspecified atom stereocenters. The van der Waals surface area contributed by atoms with E-state index in [1.807, 2.05) is 52.0 Å². The minimum atomic E-state index is -3.61. The lowest BCUT2D eigenvalue weighted by Crippen LogP contribution is -2.50. The maximum atomic E-state index is 13.5. The lowest BCUT2D eigenvalue weighted by molar-refractivity contribution is -0.141. The summed E-state index contributed by atoms with van der Waals surface area (Å²) in [6, 6.07) is 14.1. The van der Waals surface area contributed by atoms with Gasteiger partial charge in [-0.15, -0.1) is 0 Å². The molecular formula is C28H41N3O5S. The van der Waals surface area contributed by atoms with Gasteiger partial charge in [0.25, 0.3) is 0 Å². The molecule has 0 radical (unpaired) electrons. The average molecular weight is 532 g/mol. The zero-order valence-electron chi connectivity index (χ0n) is 22.9. The Morgan fingerprint density at radius 3 is 2.35 bits per heavy atom. The summed E-state index contributed by atoms with van der Waals surface area (Å²) >= 11 is 0. The van der Waals surface area contributed by atoms with Crippen molar-refractivity contribution in [2.75, 3.05) is 24.2 Å². The highest BCUT2D eigenvalue weighted by Crippen LogP contribution is 2.29. The van der Waals surface area contributed by atoms with Gasteiger partial charge in [0, 0.05) is 25.6 Å². The monoisotopic (exact) mass is 531 g/mol. The molecule has 2 atom stereocenters. The molecule has 0 aromatic heterocycles. The van der Waals surface area contributed by atoms with Gasteiger partial charge in [-0.3, -0.25) is 13.9 Å². The standard InChI is InChI=1S/C28H41N3O5S/c1-7-22(4)29-28(33)24(8-2)30(20-23-14-11-13-21(3)19-23)27(32)17-12-18-31(37(6,34)35)25-15-9-10-16-26(25)36-5/h9-11,13-16,19,22,24H,7-8,12,17-18,20H2,1-6H3,(H,29,33)/t22-,24+/m1/s1. The molecule has 0 saturated heterocycles. The summed E-state index contributed by atoms with van der Waals surface area (Å²) in [6.07, 6.45) is 2.78. The Morgan fingerprint density at radius 1 is 1.05 bits per heavy atom. The van der Waals surface area contributed by atoms with E-state index in [0.29, 0.717) is 24.4 Å². The van der Waals surface area contributed by atoms with Gasteiger partial charge in [0.2, 0.25) is 21.8 Å². The van der Waals surface area contributed by atoms with Crippen LogP contribution >= 0.6 is 0 Å². The number of methoxy groups -OCH3 is 1. The third kappa shape index (κ3) is 8.77. The van der Waals surface area contributed by atoms with Crippen molar-refractivity contribution in [2.24, 2.45) is 0 Å². The van der Waals surface area contributed by atoms with Crippen LogP contribution in [0, 0.1) is 6.92 Å². The summed E-state index contributed by atoms with van der Waals surface area (Å²) in [5.74, 6) is 0.0684. The Bertz CT molecular complexity index is 1150. The van der Waals surface area contributed by atoms with Gasteiger partial charge in [-0.25, -0.2) is 8.42 Å². The molecule has 0 spiro atoms. The van der Waals surface area contributed by atoms with Crippen molar-refractivity contribution >= 4 is 27.5 Å². The Hall–Kier alpha value is -3.07. The largest absolute Gasteiger partial charge is 0.495 e. The first-order chi connectivity index (χ1) is 17.5. The first-order valence-corrected chi connectivity index (χ1v) is 14.6. The molecule has 2 rings (SSSR count). The molecule has 1 N–H and O–H groups in total. The highest BCUT2D eigenvalue weighted by molar-refractivity contribution is 7.92. The molecule has 204 valence electrons. The minimum absolute atomic E-state index is 0.00152. The van der Waals surface area contributed by atoms with Crippen LogP contribution < -0.4 is 14.4 Å². The van der Waals surface area contributed by atoms with Crippen molar-refractivity contribution in [2.45, 2.75) is 72.0 Å². The summed E-state index contributed by atoms with van der Waals surface area (Å²) in [7, 11) is -2.12. The van der Waals surface area contributed by atoms with E-state index in [1.165, 1.54) is 11.4 Å². The van der Waals surface area contributed by atoms with Gasteiger partial charge in [0.1, 0.15) is 11.8 Å². The molecule has 0 aliphatic carbocycles. The first-order valence-electron chi connectivity index (χ1n) is 12.8. The van der Waals surface area contributed by atoms with Crippen molar-refractivity contribution in [3.8, 4) is 5.75 Å². The lowest BCUT2D eigenvalue weighted by atomic mass is 10.1. The van der Waals surface area contributed by atoms with Gasteiger partial charge in [0.05, 0.1) is 19.1 Å². The number of hydrogen-bond acceptors (Lipinski definition) is 5. The molecule has 37 heavy (non-hydrogen) atoms. The van der Waals surface area contributed by atoms with Crippen LogP contribution in [-0.2, 0) is 26.2 Å². The lowest BCUT2D eigenvalue weighted by Gasteiger charge is -2.32. The summed E-state index contributed by atoms with van der Waals surface area (Å²) in [4.78, 5) is 28.3. The molecule has 0 saturated carbocycles. The Morgan fingerprint density at radius 2 is 1.76 bits per heavy atom. The molecule has 2 aromatic carbocycles. The second kappa shape index (κ2) is 14.0. The fraction of sp³-hybridized carbons (Fsp3) is 0.500. The van der Waals surface area contributed by atoms with Crippen molar-refractivity contribution in [3.05, 3.63) is 59.7 Å². The van der Waals surface area contributed by atoms with Crippen LogP contribution in [0.15, 0.2) is 48.5 Å². The van der Waals surface area contributed by atoms with E-state index >= 15 is 0 Å². The SMILES string of the molecule is CC[C@@H](C)NC(=O)[C@H](CC)N(Cc1cccc(C)c1)C(=O)CCCN(c1ccccc1OC)S(C)(=O)=O. The van der Waals surface area contributed by atoms with E-state index in [9.17, 15) is 18.0 Å². The minimum Gasteiger partial charge on any atom is -0.495 e. The summed E-state index contributed by atoms with van der Waals surface area (Å²) < 4.78 is 31.8. The number of para-hydroxylation sites is 2. The van der Waals surface area contributed by atoms with Crippen molar-refractivity contribution in [1.82, 2.24) is 10.2 Å². The number of nitrogens with zero attached hydrogens (tertiary/aromatic N) is 2. The van der Waals surface area contributed by atoms with Crippen LogP contribution in [0.2, 0.25) is 0 Å². The number of benzene rings is 2. The molecule has 0 aliphatic heterocycles. The van der Waals surface area contributed by atoms with Crippen LogP contribution in [0.3, 0.4) is 0 Å². The average Bonchev–Trinajstić information content (AvgIpc) is 2.85. The number of sulfonamides is 1. The predicted octanol–water partition coefficient (Wildman–Crippen LogP) is 4.27. The predicted molar refractivity (Wildman–Crippen MR) is 148 cm³/mol. The van der Waals surface area contributed by atoms with E-state index in [0.717, 1.165) is 23.8 Å². The van der Waals surface area contributed by atoms with Gasteiger partial charge in [0.15, 0.2) is 0 Å². The Kier molecular flexibility index (Phi) is 11.4. The molecule has 9 heteroatoms. The molecule has 0 heterocycles. The molecule has 0 bridgehead atoms. The highest BCUT2D eigenvalue weighted by Gasteiger charge is 2.29. The molecule has 0 aliphatic rings. The number of carbonyl (C=O) groups is 2. The second-order valence-corrected chi connectivity index (χ2v) is 11.3. The second-order valence-electron chi connectivity index (χ2n) is 9.36. The van der Waals surface area contributed by atoms with Crippen LogP contribution in [0.5, 0.6) is 5.75 Å². The van der Waals surface area contributed by atoms with Gasteiger partial charge in [-0.1, -0.05) is 55.8 Å². The normalized spacial score (nSPS) is 12.9. The topological polar surface area (TPSA) is 96.0 Å². The van der Waals surface area contributed by atoms with E-state index in [1.54, 1.807) is 29.2 Å². The van der Waals surface area contributed by atoms with E-state index < -0.39 is 16.1 Å². The molecule has 0 fully saturated rings. The van der Waals surface area contributed by atoms with E-state index in [-0.39, 0.29) is 37.2 Å². The van der Waals surface area contributed by atoms with E-state index in [2.05, 4.69) is 5.32 Å². The molecule has 2 aromatic rings. The maximum Gasteiger partial charge on any atom is 0.243 e. The smallest absolute Gasteiger partial charge is 0.243 e. The summed E-state index contributed by atoms with van der Waals surface area (Å²) in [5.41, 5.74) is 2.44. The first kappa shape index (κ1) is 30.2. The molecule has 8 nitrogen and oxygen atoms in total. The number of aryl methyl sites for hydroxylation is 1. The van der Waals surface area contributed by atoms with Crippen molar-refractivity contribution < 1.29 is 22.7 Å². The number of rotatable bonds is 14. The number of ether oxygens (including phenoxy) is 1. The number of amides is 2. The van der Waals surface area contributed by atoms with Gasteiger partial charge in [-0.05, 0) is 50.8 Å². The zero-order chi connectivity index (χ0) is 27.6. The van der Waals surface area contributed by atoms with Crippen LogP contribution in [0.1, 0.15) is 57.6 Å². The number of carbonyl (C=O) groups excluding carboxylic acids is 2. The van der Waals surface area contributed by atoms with Gasteiger partial charge in [-0.2, -0.15) is 0 Å². The fourth-order valence-electron chi connectivity index (χ4n) is 4.19.